The first kappa shape index (κ1) is 21.5. The Morgan fingerprint density at radius 2 is 2.00 bits per heavy atom. The van der Waals surface area contributed by atoms with E-state index in [0.29, 0.717) is 5.92 Å². The highest BCUT2D eigenvalue weighted by Crippen LogP contribution is 2.16. The molecule has 0 bridgehead atoms. The van der Waals surface area contributed by atoms with Crippen LogP contribution in [0.5, 0.6) is 0 Å². The fourth-order valence-electron chi connectivity index (χ4n) is 2.60. The normalized spacial score (nSPS) is 12.4. The van der Waals surface area contributed by atoms with Crippen molar-refractivity contribution in [3.8, 4) is 0 Å². The van der Waals surface area contributed by atoms with Crippen molar-refractivity contribution in [3.63, 3.8) is 0 Å². The molecule has 1 atom stereocenters. The molecule has 0 aliphatic heterocycles. The first-order valence-corrected chi connectivity index (χ1v) is 8.53. The Hall–Kier alpha value is -1.57. The number of guanidine groups is 1. The molecule has 0 radical (unpaired) electrons. The zero-order valence-corrected chi connectivity index (χ0v) is 18.2. The third-order valence-electron chi connectivity index (χ3n) is 4.04. The number of aromatic nitrogens is 2. The van der Waals surface area contributed by atoms with Gasteiger partial charge in [-0.3, -0.25) is 9.67 Å². The largest absolute Gasteiger partial charge is 0.357 e. The molecule has 0 saturated carbocycles. The number of nitrogens with one attached hydrogen (secondary N) is 1. The smallest absolute Gasteiger partial charge is 0.193 e. The van der Waals surface area contributed by atoms with Gasteiger partial charge < -0.3 is 10.2 Å². The second-order valence-corrected chi connectivity index (χ2v) is 6.38. The molecular formula is C19H30IN5. The van der Waals surface area contributed by atoms with Gasteiger partial charge in [-0.1, -0.05) is 36.8 Å². The highest BCUT2D eigenvalue weighted by molar-refractivity contribution is 14.0. The fraction of sp³-hybridized carbons (Fsp3) is 0.474. The molecule has 2 rings (SSSR count). The zero-order valence-electron chi connectivity index (χ0n) is 15.9. The Bertz CT molecular complexity index is 663. The van der Waals surface area contributed by atoms with Crippen LogP contribution in [0.3, 0.4) is 0 Å². The minimum atomic E-state index is 0. The van der Waals surface area contributed by atoms with E-state index in [1.807, 2.05) is 24.1 Å². The lowest BCUT2D eigenvalue weighted by Crippen LogP contribution is -2.38. The minimum absolute atomic E-state index is 0. The number of aryl methyl sites for hydroxylation is 2. The van der Waals surface area contributed by atoms with Crippen LogP contribution in [0.15, 0.2) is 41.7 Å². The average Bonchev–Trinajstić information content (AvgIpc) is 2.96. The van der Waals surface area contributed by atoms with Crippen molar-refractivity contribution in [1.29, 1.82) is 0 Å². The molecule has 25 heavy (non-hydrogen) atoms. The van der Waals surface area contributed by atoms with Crippen LogP contribution < -0.4 is 5.32 Å². The number of halogens is 1. The van der Waals surface area contributed by atoms with E-state index in [1.54, 1.807) is 0 Å². The minimum Gasteiger partial charge on any atom is -0.357 e. The van der Waals surface area contributed by atoms with Crippen LogP contribution >= 0.6 is 24.0 Å². The predicted molar refractivity (Wildman–Crippen MR) is 116 cm³/mol. The summed E-state index contributed by atoms with van der Waals surface area (Å²) in [7, 11) is 4.00. The molecule has 1 unspecified atom stereocenters. The van der Waals surface area contributed by atoms with Crippen LogP contribution in [0, 0.1) is 6.92 Å². The summed E-state index contributed by atoms with van der Waals surface area (Å²) in [6, 6.07) is 8.72. The Morgan fingerprint density at radius 3 is 2.56 bits per heavy atom. The van der Waals surface area contributed by atoms with Crippen LogP contribution in [0.25, 0.3) is 0 Å². The standard InChI is InChI=1S/C19H29N5.HI/c1-6-20-19(23(4)13-17-12-22-24(5)14-17)21-11-16(3)18-9-7-15(2)8-10-18;/h7-10,12,14,16H,6,11,13H2,1-5H3,(H,20,21);1H. The Morgan fingerprint density at radius 1 is 1.32 bits per heavy atom. The summed E-state index contributed by atoms with van der Waals surface area (Å²) >= 11 is 0. The van der Waals surface area contributed by atoms with Crippen LogP contribution in [0.2, 0.25) is 0 Å². The number of benzene rings is 1. The molecule has 0 aliphatic rings. The van der Waals surface area contributed by atoms with E-state index in [0.717, 1.165) is 25.6 Å². The summed E-state index contributed by atoms with van der Waals surface area (Å²) < 4.78 is 1.83. The van der Waals surface area contributed by atoms with E-state index in [1.165, 1.54) is 16.7 Å². The van der Waals surface area contributed by atoms with Gasteiger partial charge in [0.25, 0.3) is 0 Å². The molecule has 0 spiro atoms. The second kappa shape index (κ2) is 10.4. The average molecular weight is 455 g/mol. The van der Waals surface area contributed by atoms with E-state index in [-0.39, 0.29) is 24.0 Å². The quantitative estimate of drug-likeness (QED) is 0.412. The molecule has 0 aliphatic carbocycles. The molecule has 1 N–H and O–H groups in total. The molecule has 1 aromatic carbocycles. The topological polar surface area (TPSA) is 45.5 Å². The lowest BCUT2D eigenvalue weighted by atomic mass is 10.0. The summed E-state index contributed by atoms with van der Waals surface area (Å²) in [4.78, 5) is 6.96. The van der Waals surface area contributed by atoms with E-state index in [4.69, 9.17) is 4.99 Å². The van der Waals surface area contributed by atoms with Crippen molar-refractivity contribution in [2.75, 3.05) is 20.1 Å². The van der Waals surface area contributed by atoms with Gasteiger partial charge in [0.2, 0.25) is 0 Å². The SMILES string of the molecule is CCNC(=NCC(C)c1ccc(C)cc1)N(C)Cc1cnn(C)c1.I. The van der Waals surface area contributed by atoms with Gasteiger partial charge in [0.05, 0.1) is 6.20 Å². The van der Waals surface area contributed by atoms with Crippen molar-refractivity contribution in [3.05, 3.63) is 53.3 Å². The molecule has 5 nitrogen and oxygen atoms in total. The van der Waals surface area contributed by atoms with Gasteiger partial charge in [-0.05, 0) is 19.4 Å². The lowest BCUT2D eigenvalue weighted by molar-refractivity contribution is 0.475. The maximum Gasteiger partial charge on any atom is 0.193 e. The van der Waals surface area contributed by atoms with Gasteiger partial charge in [0.15, 0.2) is 5.96 Å². The van der Waals surface area contributed by atoms with Gasteiger partial charge in [0, 0.05) is 51.4 Å². The number of rotatable bonds is 6. The van der Waals surface area contributed by atoms with Crippen molar-refractivity contribution in [2.24, 2.45) is 12.0 Å². The number of nitrogens with zero attached hydrogens (tertiary/aromatic N) is 4. The van der Waals surface area contributed by atoms with Gasteiger partial charge in [-0.2, -0.15) is 5.10 Å². The fourth-order valence-corrected chi connectivity index (χ4v) is 2.60. The van der Waals surface area contributed by atoms with Crippen LogP contribution in [0.4, 0.5) is 0 Å². The number of hydrogen-bond donors (Lipinski definition) is 1. The third kappa shape index (κ3) is 6.68. The molecule has 6 heteroatoms. The Labute approximate surface area is 168 Å². The first-order valence-electron chi connectivity index (χ1n) is 8.53. The van der Waals surface area contributed by atoms with Gasteiger partial charge in [-0.25, -0.2) is 0 Å². The van der Waals surface area contributed by atoms with E-state index in [9.17, 15) is 0 Å². The second-order valence-electron chi connectivity index (χ2n) is 6.38. The third-order valence-corrected chi connectivity index (χ3v) is 4.04. The molecular weight excluding hydrogens is 425 g/mol. The Balaban J connectivity index is 0.00000312. The van der Waals surface area contributed by atoms with Gasteiger partial charge in [0.1, 0.15) is 0 Å². The van der Waals surface area contributed by atoms with Crippen molar-refractivity contribution >= 4 is 29.9 Å². The summed E-state index contributed by atoms with van der Waals surface area (Å²) in [5, 5.41) is 7.60. The van der Waals surface area contributed by atoms with Crippen LogP contribution in [-0.2, 0) is 13.6 Å². The first-order chi connectivity index (χ1) is 11.5. The molecule has 0 amide bonds. The lowest BCUT2D eigenvalue weighted by Gasteiger charge is -2.22. The molecule has 138 valence electrons. The number of hydrogen-bond acceptors (Lipinski definition) is 2. The van der Waals surface area contributed by atoms with E-state index < -0.39 is 0 Å². The summed E-state index contributed by atoms with van der Waals surface area (Å²) in [6.45, 7) is 8.84. The molecule has 0 fully saturated rings. The zero-order chi connectivity index (χ0) is 17.5. The van der Waals surface area contributed by atoms with Gasteiger partial charge in [-0.15, -0.1) is 24.0 Å². The maximum absolute atomic E-state index is 4.82. The maximum atomic E-state index is 4.82. The molecule has 1 aromatic heterocycles. The summed E-state index contributed by atoms with van der Waals surface area (Å²) in [5.74, 6) is 1.33. The molecule has 2 aromatic rings. The van der Waals surface area contributed by atoms with Gasteiger partial charge >= 0.3 is 0 Å². The summed E-state index contributed by atoms with van der Waals surface area (Å²) in [5.41, 5.74) is 3.80. The molecule has 1 heterocycles. The molecule has 0 saturated heterocycles. The van der Waals surface area contributed by atoms with Crippen LogP contribution in [0.1, 0.15) is 36.5 Å². The van der Waals surface area contributed by atoms with Crippen LogP contribution in [-0.4, -0.2) is 40.8 Å². The van der Waals surface area contributed by atoms with Crippen molar-refractivity contribution in [1.82, 2.24) is 20.0 Å². The van der Waals surface area contributed by atoms with Crippen molar-refractivity contribution < 1.29 is 0 Å². The number of aliphatic imine (C=N–C) groups is 1. The van der Waals surface area contributed by atoms with E-state index >= 15 is 0 Å². The Kier molecular flexibility index (Phi) is 8.96. The van der Waals surface area contributed by atoms with Crippen molar-refractivity contribution in [2.45, 2.75) is 33.2 Å². The highest BCUT2D eigenvalue weighted by atomic mass is 127. The van der Waals surface area contributed by atoms with E-state index in [2.05, 4.69) is 67.4 Å². The summed E-state index contributed by atoms with van der Waals surface area (Å²) in [6.07, 6.45) is 3.93. The monoisotopic (exact) mass is 455 g/mol. The highest BCUT2D eigenvalue weighted by Gasteiger charge is 2.10. The predicted octanol–water partition coefficient (Wildman–Crippen LogP) is 3.55.